The van der Waals surface area contributed by atoms with E-state index >= 15 is 0 Å². The standard InChI is InChI=1S/C16H30N2/c1-16(2)10-5-11-18(16)12-14-9-8-13-6-3-4-7-15(13)17-14/h13-15,17H,3-12H2,1-2H3. The molecule has 1 saturated carbocycles. The van der Waals surface area contributed by atoms with Crippen molar-refractivity contribution in [3.05, 3.63) is 0 Å². The van der Waals surface area contributed by atoms with E-state index in [2.05, 4.69) is 24.1 Å². The Morgan fingerprint density at radius 2 is 1.89 bits per heavy atom. The highest BCUT2D eigenvalue weighted by atomic mass is 15.2. The Morgan fingerprint density at radius 3 is 2.67 bits per heavy atom. The van der Waals surface area contributed by atoms with E-state index in [9.17, 15) is 0 Å². The number of hydrogen-bond acceptors (Lipinski definition) is 2. The summed E-state index contributed by atoms with van der Waals surface area (Å²) >= 11 is 0. The molecule has 2 heterocycles. The second-order valence-corrected chi connectivity index (χ2v) is 7.45. The van der Waals surface area contributed by atoms with Gasteiger partial charge in [-0.05, 0) is 64.8 Å². The maximum Gasteiger partial charge on any atom is 0.0198 e. The van der Waals surface area contributed by atoms with Crippen molar-refractivity contribution in [3.63, 3.8) is 0 Å². The molecule has 0 aromatic carbocycles. The number of rotatable bonds is 2. The van der Waals surface area contributed by atoms with Gasteiger partial charge in [0, 0.05) is 24.2 Å². The molecule has 2 heteroatoms. The van der Waals surface area contributed by atoms with Crippen molar-refractivity contribution in [2.75, 3.05) is 13.1 Å². The van der Waals surface area contributed by atoms with Gasteiger partial charge in [0.25, 0.3) is 0 Å². The largest absolute Gasteiger partial charge is 0.310 e. The van der Waals surface area contributed by atoms with E-state index in [0.717, 1.165) is 18.0 Å². The molecular weight excluding hydrogens is 220 g/mol. The fourth-order valence-corrected chi connectivity index (χ4v) is 4.49. The van der Waals surface area contributed by atoms with Crippen molar-refractivity contribution in [2.24, 2.45) is 5.92 Å². The summed E-state index contributed by atoms with van der Waals surface area (Å²) in [6, 6.07) is 1.62. The molecule has 1 aliphatic carbocycles. The smallest absolute Gasteiger partial charge is 0.0198 e. The minimum absolute atomic E-state index is 0.449. The lowest BCUT2D eigenvalue weighted by Crippen LogP contribution is -2.54. The molecule has 3 rings (SSSR count). The molecule has 18 heavy (non-hydrogen) atoms. The lowest BCUT2D eigenvalue weighted by molar-refractivity contribution is 0.112. The third kappa shape index (κ3) is 2.60. The summed E-state index contributed by atoms with van der Waals surface area (Å²) in [5.41, 5.74) is 0.449. The number of piperidine rings is 1. The van der Waals surface area contributed by atoms with Crippen LogP contribution in [0.5, 0.6) is 0 Å². The lowest BCUT2D eigenvalue weighted by atomic mass is 9.77. The van der Waals surface area contributed by atoms with Crippen LogP contribution in [0.15, 0.2) is 0 Å². The second-order valence-electron chi connectivity index (χ2n) is 7.45. The predicted molar refractivity (Wildman–Crippen MR) is 76.8 cm³/mol. The topological polar surface area (TPSA) is 15.3 Å². The summed E-state index contributed by atoms with van der Waals surface area (Å²) in [5, 5.41) is 3.98. The van der Waals surface area contributed by atoms with E-state index in [4.69, 9.17) is 0 Å². The second kappa shape index (κ2) is 5.13. The van der Waals surface area contributed by atoms with Gasteiger partial charge in [-0.25, -0.2) is 0 Å². The molecule has 2 aliphatic heterocycles. The van der Waals surface area contributed by atoms with E-state index in [0.29, 0.717) is 5.54 Å². The van der Waals surface area contributed by atoms with E-state index < -0.39 is 0 Å². The lowest BCUT2D eigenvalue weighted by Gasteiger charge is -2.43. The van der Waals surface area contributed by atoms with Gasteiger partial charge in [-0.3, -0.25) is 4.90 Å². The van der Waals surface area contributed by atoms with Crippen LogP contribution in [-0.4, -0.2) is 35.6 Å². The number of fused-ring (bicyclic) bond motifs is 1. The molecule has 3 fully saturated rings. The van der Waals surface area contributed by atoms with E-state index in [1.165, 1.54) is 64.5 Å². The molecule has 1 N–H and O–H groups in total. The summed E-state index contributed by atoms with van der Waals surface area (Å²) in [6.07, 6.45) is 11.5. The zero-order valence-electron chi connectivity index (χ0n) is 12.3. The van der Waals surface area contributed by atoms with Gasteiger partial charge in [0.15, 0.2) is 0 Å². The van der Waals surface area contributed by atoms with Crippen molar-refractivity contribution < 1.29 is 0 Å². The van der Waals surface area contributed by atoms with Crippen molar-refractivity contribution >= 4 is 0 Å². The van der Waals surface area contributed by atoms with Crippen LogP contribution in [0, 0.1) is 5.92 Å². The highest BCUT2D eigenvalue weighted by molar-refractivity contribution is 4.94. The number of likely N-dealkylation sites (tertiary alicyclic amines) is 1. The third-order valence-corrected chi connectivity index (χ3v) is 5.76. The van der Waals surface area contributed by atoms with Crippen LogP contribution in [-0.2, 0) is 0 Å². The molecule has 2 saturated heterocycles. The molecule has 3 aliphatic rings. The molecule has 3 unspecified atom stereocenters. The van der Waals surface area contributed by atoms with Crippen molar-refractivity contribution in [3.8, 4) is 0 Å². The molecule has 2 nitrogen and oxygen atoms in total. The summed E-state index contributed by atoms with van der Waals surface area (Å²) in [4.78, 5) is 2.73. The summed E-state index contributed by atoms with van der Waals surface area (Å²) < 4.78 is 0. The first-order chi connectivity index (χ1) is 8.65. The van der Waals surface area contributed by atoms with Gasteiger partial charge in [0.1, 0.15) is 0 Å². The van der Waals surface area contributed by atoms with Gasteiger partial charge in [-0.1, -0.05) is 12.8 Å². The monoisotopic (exact) mass is 250 g/mol. The number of nitrogens with zero attached hydrogens (tertiary/aromatic N) is 1. The quantitative estimate of drug-likeness (QED) is 0.810. The Bertz CT molecular complexity index is 287. The van der Waals surface area contributed by atoms with Crippen LogP contribution in [0.4, 0.5) is 0 Å². The van der Waals surface area contributed by atoms with Gasteiger partial charge in [-0.2, -0.15) is 0 Å². The zero-order valence-corrected chi connectivity index (χ0v) is 12.3. The summed E-state index contributed by atoms with van der Waals surface area (Å²) in [5.74, 6) is 1.00. The fraction of sp³-hybridized carbons (Fsp3) is 1.00. The Morgan fingerprint density at radius 1 is 1.06 bits per heavy atom. The first-order valence-corrected chi connectivity index (χ1v) is 8.16. The molecule has 0 aromatic heterocycles. The van der Waals surface area contributed by atoms with Gasteiger partial charge < -0.3 is 5.32 Å². The van der Waals surface area contributed by atoms with E-state index in [-0.39, 0.29) is 0 Å². The molecule has 3 atom stereocenters. The molecular formula is C16H30N2. The van der Waals surface area contributed by atoms with Crippen LogP contribution >= 0.6 is 0 Å². The highest BCUT2D eigenvalue weighted by Gasteiger charge is 2.36. The fourth-order valence-electron chi connectivity index (χ4n) is 4.49. The van der Waals surface area contributed by atoms with Gasteiger partial charge in [0.05, 0.1) is 0 Å². The Hall–Kier alpha value is -0.0800. The average molecular weight is 250 g/mol. The van der Waals surface area contributed by atoms with E-state index in [1.807, 2.05) is 0 Å². The predicted octanol–water partition coefficient (Wildman–Crippen LogP) is 3.17. The number of nitrogens with one attached hydrogen (secondary N) is 1. The maximum absolute atomic E-state index is 3.98. The molecule has 0 aromatic rings. The highest BCUT2D eigenvalue weighted by Crippen LogP contribution is 2.34. The van der Waals surface area contributed by atoms with Gasteiger partial charge in [0.2, 0.25) is 0 Å². The summed E-state index contributed by atoms with van der Waals surface area (Å²) in [6.45, 7) is 7.45. The first kappa shape index (κ1) is 12.9. The van der Waals surface area contributed by atoms with Crippen LogP contribution in [0.3, 0.4) is 0 Å². The number of hydrogen-bond donors (Lipinski definition) is 1. The minimum atomic E-state index is 0.449. The molecule has 0 bridgehead atoms. The van der Waals surface area contributed by atoms with Crippen LogP contribution < -0.4 is 5.32 Å². The van der Waals surface area contributed by atoms with Crippen LogP contribution in [0.2, 0.25) is 0 Å². The SMILES string of the molecule is CC1(C)CCCN1CC1CCC2CCCCC2N1. The first-order valence-electron chi connectivity index (χ1n) is 8.16. The van der Waals surface area contributed by atoms with Gasteiger partial charge in [-0.15, -0.1) is 0 Å². The van der Waals surface area contributed by atoms with Crippen molar-refractivity contribution in [1.29, 1.82) is 0 Å². The van der Waals surface area contributed by atoms with Crippen LogP contribution in [0.1, 0.15) is 65.2 Å². The molecule has 0 radical (unpaired) electrons. The van der Waals surface area contributed by atoms with E-state index in [1.54, 1.807) is 0 Å². The Kier molecular flexibility index (Phi) is 3.68. The van der Waals surface area contributed by atoms with Crippen LogP contribution in [0.25, 0.3) is 0 Å². The third-order valence-electron chi connectivity index (χ3n) is 5.76. The molecule has 0 amide bonds. The average Bonchev–Trinajstić information content (AvgIpc) is 2.69. The minimum Gasteiger partial charge on any atom is -0.310 e. The van der Waals surface area contributed by atoms with Gasteiger partial charge >= 0.3 is 0 Å². The Labute approximate surface area is 113 Å². The maximum atomic E-state index is 3.98. The molecule has 104 valence electrons. The Balaban J connectivity index is 1.55. The van der Waals surface area contributed by atoms with Crippen molar-refractivity contribution in [1.82, 2.24) is 10.2 Å². The normalized spacial score (nSPS) is 40.7. The van der Waals surface area contributed by atoms with Crippen molar-refractivity contribution in [2.45, 2.75) is 82.8 Å². The molecule has 0 spiro atoms. The zero-order chi connectivity index (χ0) is 12.6. The summed E-state index contributed by atoms with van der Waals surface area (Å²) in [7, 11) is 0.